The Labute approximate surface area is 199 Å². The van der Waals surface area contributed by atoms with Crippen LogP contribution in [-0.4, -0.2) is 23.9 Å². The van der Waals surface area contributed by atoms with Crippen molar-refractivity contribution in [1.82, 2.24) is 4.57 Å². The van der Waals surface area contributed by atoms with E-state index in [0.29, 0.717) is 32.1 Å². The molecule has 1 aromatic carbocycles. The molecule has 7 nitrogen and oxygen atoms in total. The van der Waals surface area contributed by atoms with Crippen LogP contribution in [0, 0.1) is 0 Å². The average molecular weight is 533 g/mol. The number of allylic oxidation sites excluding steroid dienone is 1. The fourth-order valence-electron chi connectivity index (χ4n) is 3.69. The number of nitrogens with zero attached hydrogens (tertiary/aromatic N) is 2. The molecule has 0 spiro atoms. The first-order chi connectivity index (χ1) is 15.5. The smallest absolute Gasteiger partial charge is 0.338 e. The number of hydrogen-bond donors (Lipinski definition) is 0. The summed E-state index contributed by atoms with van der Waals surface area (Å²) in [6.45, 7) is 3.95. The largest absolute Gasteiger partial charge is 0.463 e. The first-order valence-electron chi connectivity index (χ1n) is 9.80. The molecule has 5 rings (SSSR count). The second-order valence-electron chi connectivity index (χ2n) is 7.04. The van der Waals surface area contributed by atoms with Crippen molar-refractivity contribution in [2.45, 2.75) is 19.9 Å². The molecule has 10 heteroatoms. The summed E-state index contributed by atoms with van der Waals surface area (Å²) in [4.78, 5) is 32.3. The van der Waals surface area contributed by atoms with Crippen LogP contribution in [0.25, 0.3) is 6.08 Å². The number of hydrogen-bond acceptors (Lipinski definition) is 8. The van der Waals surface area contributed by atoms with E-state index in [0.717, 1.165) is 14.9 Å². The molecule has 0 radical (unpaired) electrons. The molecule has 3 aromatic rings. The Hall–Kier alpha value is -2.69. The molecule has 0 fully saturated rings. The summed E-state index contributed by atoms with van der Waals surface area (Å²) in [6, 6.07) is 6.89. The van der Waals surface area contributed by atoms with Gasteiger partial charge in [0.2, 0.25) is 6.79 Å². The van der Waals surface area contributed by atoms with Gasteiger partial charge < -0.3 is 14.2 Å². The molecular formula is C22H17BrN2O5S2. The van der Waals surface area contributed by atoms with Crippen LogP contribution in [0.1, 0.15) is 30.3 Å². The van der Waals surface area contributed by atoms with Gasteiger partial charge in [0.05, 0.1) is 22.4 Å². The monoisotopic (exact) mass is 532 g/mol. The van der Waals surface area contributed by atoms with Crippen molar-refractivity contribution in [3.05, 3.63) is 75.5 Å². The number of rotatable bonds is 4. The number of halogens is 1. The van der Waals surface area contributed by atoms with Gasteiger partial charge in [-0.15, -0.1) is 11.3 Å². The summed E-state index contributed by atoms with van der Waals surface area (Å²) in [7, 11) is 0. The number of aromatic nitrogens is 1. The highest BCUT2D eigenvalue weighted by Crippen LogP contribution is 2.37. The summed E-state index contributed by atoms with van der Waals surface area (Å²) >= 11 is 6.31. The summed E-state index contributed by atoms with van der Waals surface area (Å²) in [5.41, 5.74) is 1.51. The fourth-order valence-corrected chi connectivity index (χ4v) is 5.99. The molecule has 1 atom stereocenters. The van der Waals surface area contributed by atoms with E-state index in [1.54, 1.807) is 24.5 Å². The van der Waals surface area contributed by atoms with Crippen molar-refractivity contribution < 1.29 is 19.0 Å². The lowest BCUT2D eigenvalue weighted by Crippen LogP contribution is -2.39. The number of benzene rings is 1. The molecule has 2 aromatic heterocycles. The highest BCUT2D eigenvalue weighted by molar-refractivity contribution is 9.10. The SMILES string of the molecule is CCOC(=O)C1=C(C)N=c2s/c(=C\c3cc4c(cc3Br)OCO4)c(=O)n2[C@H]1c1cccs1. The van der Waals surface area contributed by atoms with Gasteiger partial charge in [0, 0.05) is 9.35 Å². The lowest BCUT2D eigenvalue weighted by atomic mass is 10.0. The first-order valence-corrected chi connectivity index (χ1v) is 12.3. The quantitative estimate of drug-likeness (QED) is 0.481. The summed E-state index contributed by atoms with van der Waals surface area (Å²) in [6.07, 6.45) is 1.80. The zero-order chi connectivity index (χ0) is 22.4. The van der Waals surface area contributed by atoms with E-state index in [1.165, 1.54) is 22.7 Å². The van der Waals surface area contributed by atoms with Crippen LogP contribution in [0.4, 0.5) is 0 Å². The molecule has 0 unspecified atom stereocenters. The molecule has 32 heavy (non-hydrogen) atoms. The Morgan fingerprint density at radius 3 is 2.88 bits per heavy atom. The second-order valence-corrected chi connectivity index (χ2v) is 9.89. The van der Waals surface area contributed by atoms with Gasteiger partial charge in [-0.3, -0.25) is 9.36 Å². The van der Waals surface area contributed by atoms with Crippen LogP contribution in [0.3, 0.4) is 0 Å². The third-order valence-corrected chi connectivity index (χ3v) is 7.70. The fraction of sp³-hybridized carbons (Fsp3) is 0.227. The van der Waals surface area contributed by atoms with Crippen molar-refractivity contribution >= 4 is 50.6 Å². The topological polar surface area (TPSA) is 79.1 Å². The van der Waals surface area contributed by atoms with Gasteiger partial charge in [-0.1, -0.05) is 33.3 Å². The predicted molar refractivity (Wildman–Crippen MR) is 125 cm³/mol. The highest BCUT2D eigenvalue weighted by Gasteiger charge is 2.33. The van der Waals surface area contributed by atoms with Crippen molar-refractivity contribution in [3.63, 3.8) is 0 Å². The molecule has 164 valence electrons. The Bertz CT molecular complexity index is 1440. The zero-order valence-electron chi connectivity index (χ0n) is 17.1. The zero-order valence-corrected chi connectivity index (χ0v) is 20.3. The van der Waals surface area contributed by atoms with Gasteiger partial charge in [-0.2, -0.15) is 0 Å². The van der Waals surface area contributed by atoms with Crippen LogP contribution in [0.15, 0.2) is 55.2 Å². The van der Waals surface area contributed by atoms with Crippen molar-refractivity contribution in [1.29, 1.82) is 0 Å². The standard InChI is InChI=1S/C22H17BrN2O5S2/c1-3-28-21(27)18-11(2)24-22-25(19(18)16-5-4-6-31-16)20(26)17(32-22)8-12-7-14-15(9-13(12)23)30-10-29-14/h4-9,19H,3,10H2,1-2H3/b17-8-/t19-/m0/s1. The second kappa shape index (κ2) is 8.34. The van der Waals surface area contributed by atoms with Gasteiger partial charge in [-0.25, -0.2) is 9.79 Å². The minimum Gasteiger partial charge on any atom is -0.463 e. The minimum atomic E-state index is -0.576. The Balaban J connectivity index is 1.70. The lowest BCUT2D eigenvalue weighted by Gasteiger charge is -2.23. The molecule has 0 N–H and O–H groups in total. The van der Waals surface area contributed by atoms with E-state index in [2.05, 4.69) is 20.9 Å². The lowest BCUT2D eigenvalue weighted by molar-refractivity contribution is -0.139. The molecule has 4 heterocycles. The maximum atomic E-state index is 13.5. The van der Waals surface area contributed by atoms with Gasteiger partial charge in [-0.05, 0) is 49.1 Å². The number of esters is 1. The maximum absolute atomic E-state index is 13.5. The maximum Gasteiger partial charge on any atom is 0.338 e. The first kappa shape index (κ1) is 21.2. The van der Waals surface area contributed by atoms with Crippen molar-refractivity contribution in [3.8, 4) is 11.5 Å². The molecule has 0 aliphatic carbocycles. The minimum absolute atomic E-state index is 0.171. The van der Waals surface area contributed by atoms with E-state index >= 15 is 0 Å². The predicted octanol–water partition coefficient (Wildman–Crippen LogP) is 3.35. The molecule has 0 saturated heterocycles. The third-order valence-electron chi connectivity index (χ3n) is 5.11. The molecule has 0 saturated carbocycles. The number of thiazole rings is 1. The van der Waals surface area contributed by atoms with Crippen molar-refractivity contribution in [2.75, 3.05) is 13.4 Å². The van der Waals surface area contributed by atoms with Crippen LogP contribution >= 0.6 is 38.6 Å². The van der Waals surface area contributed by atoms with Gasteiger partial charge in [0.1, 0.15) is 6.04 Å². The van der Waals surface area contributed by atoms with Crippen LogP contribution in [0.5, 0.6) is 11.5 Å². The summed E-state index contributed by atoms with van der Waals surface area (Å²) < 4.78 is 19.0. The number of thiophene rings is 1. The van der Waals surface area contributed by atoms with E-state index < -0.39 is 12.0 Å². The van der Waals surface area contributed by atoms with E-state index in [4.69, 9.17) is 14.2 Å². The highest BCUT2D eigenvalue weighted by atomic mass is 79.9. The number of fused-ring (bicyclic) bond motifs is 2. The van der Waals surface area contributed by atoms with E-state index in [-0.39, 0.29) is 19.0 Å². The number of carbonyl (C=O) groups is 1. The Morgan fingerprint density at radius 2 is 2.16 bits per heavy atom. The summed E-state index contributed by atoms with van der Waals surface area (Å²) in [5.74, 6) is 0.826. The van der Waals surface area contributed by atoms with Crippen LogP contribution < -0.4 is 24.4 Å². The molecular weight excluding hydrogens is 516 g/mol. The third kappa shape index (κ3) is 3.52. The van der Waals surface area contributed by atoms with Crippen LogP contribution in [-0.2, 0) is 9.53 Å². The molecule has 0 bridgehead atoms. The van der Waals surface area contributed by atoms with Gasteiger partial charge in [0.15, 0.2) is 16.3 Å². The van der Waals surface area contributed by atoms with E-state index in [1.807, 2.05) is 29.6 Å². The normalized spacial score (nSPS) is 17.3. The Kier molecular flexibility index (Phi) is 5.52. The number of ether oxygens (including phenoxy) is 3. The molecule has 0 amide bonds. The summed E-state index contributed by atoms with van der Waals surface area (Å²) in [5, 5.41) is 1.92. The molecule has 2 aliphatic rings. The molecule has 2 aliphatic heterocycles. The van der Waals surface area contributed by atoms with Crippen molar-refractivity contribution in [2.24, 2.45) is 4.99 Å². The Morgan fingerprint density at radius 1 is 1.38 bits per heavy atom. The number of carbonyl (C=O) groups excluding carboxylic acids is 1. The van der Waals surface area contributed by atoms with Gasteiger partial charge >= 0.3 is 5.97 Å². The van der Waals surface area contributed by atoms with Crippen LogP contribution in [0.2, 0.25) is 0 Å². The van der Waals surface area contributed by atoms with Gasteiger partial charge in [0.25, 0.3) is 5.56 Å². The average Bonchev–Trinajstić information content (AvgIpc) is 3.49. The van der Waals surface area contributed by atoms with E-state index in [9.17, 15) is 9.59 Å².